The number of rotatable bonds is 5. The number of hydrogen-bond acceptors (Lipinski definition) is 6. The summed E-state index contributed by atoms with van der Waals surface area (Å²) in [4.78, 5) is 22.8. The second kappa shape index (κ2) is 9.25. The Hall–Kier alpha value is -3.14. The van der Waals surface area contributed by atoms with E-state index in [1.165, 1.54) is 45.4 Å². The van der Waals surface area contributed by atoms with Crippen molar-refractivity contribution in [1.82, 2.24) is 19.1 Å². The Morgan fingerprint density at radius 1 is 1.03 bits per heavy atom. The van der Waals surface area contributed by atoms with Gasteiger partial charge in [0.1, 0.15) is 10.5 Å². The van der Waals surface area contributed by atoms with E-state index in [1.54, 1.807) is 24.5 Å². The molecular formula is C25H19FN4OS3. The van der Waals surface area contributed by atoms with Crippen molar-refractivity contribution in [2.75, 3.05) is 0 Å². The first kappa shape index (κ1) is 22.6. The molecule has 9 heteroatoms. The maximum absolute atomic E-state index is 13.7. The molecule has 170 valence electrons. The molecule has 0 fully saturated rings. The fraction of sp³-hybridized carbons (Fsp3) is 0.120. The standard InChI is InChI=1S/C25H19FN4OS3/c1-15-5-8-20(12-16(15)2)29-22-21(34-25(29)32)23(31)30(19-9-6-18(26)7-10-19)24(28-22)33-14-17-4-3-11-27-13-17/h3-13H,14H2,1-2H3. The average Bonchev–Trinajstić information content (AvgIpc) is 3.17. The van der Waals surface area contributed by atoms with E-state index in [9.17, 15) is 9.18 Å². The molecule has 0 bridgehead atoms. The lowest BCUT2D eigenvalue weighted by atomic mass is 10.1. The molecule has 0 saturated heterocycles. The molecule has 0 aliphatic rings. The Morgan fingerprint density at radius 2 is 1.79 bits per heavy atom. The van der Waals surface area contributed by atoms with Gasteiger partial charge in [0.05, 0.1) is 5.69 Å². The lowest BCUT2D eigenvalue weighted by Crippen LogP contribution is -2.21. The Bertz CT molecular complexity index is 1620. The van der Waals surface area contributed by atoms with E-state index in [0.717, 1.165) is 16.8 Å². The number of fused-ring (bicyclic) bond motifs is 1. The summed E-state index contributed by atoms with van der Waals surface area (Å²) in [6.07, 6.45) is 3.50. The smallest absolute Gasteiger partial charge is 0.275 e. The Labute approximate surface area is 208 Å². The molecular weight excluding hydrogens is 488 g/mol. The van der Waals surface area contributed by atoms with Gasteiger partial charge in [-0.05, 0) is 85.2 Å². The van der Waals surface area contributed by atoms with Gasteiger partial charge in [0.15, 0.2) is 14.8 Å². The maximum Gasteiger partial charge on any atom is 0.278 e. The van der Waals surface area contributed by atoms with Crippen molar-refractivity contribution in [1.29, 1.82) is 0 Å². The third kappa shape index (κ3) is 4.22. The van der Waals surface area contributed by atoms with Gasteiger partial charge in [0.2, 0.25) is 0 Å². The van der Waals surface area contributed by atoms with Crippen molar-refractivity contribution < 1.29 is 4.39 Å². The van der Waals surface area contributed by atoms with Gasteiger partial charge in [0, 0.05) is 23.8 Å². The van der Waals surface area contributed by atoms with Crippen LogP contribution >= 0.6 is 35.3 Å². The minimum absolute atomic E-state index is 0.232. The van der Waals surface area contributed by atoms with Crippen LogP contribution in [0.5, 0.6) is 0 Å². The molecule has 3 aromatic heterocycles. The molecule has 0 aliphatic carbocycles. The van der Waals surface area contributed by atoms with E-state index in [-0.39, 0.29) is 11.4 Å². The summed E-state index contributed by atoms with van der Waals surface area (Å²) < 4.78 is 18.0. The lowest BCUT2D eigenvalue weighted by molar-refractivity contribution is 0.627. The molecule has 0 unspecified atom stereocenters. The Morgan fingerprint density at radius 3 is 2.50 bits per heavy atom. The molecule has 0 amide bonds. The molecule has 0 saturated carbocycles. The van der Waals surface area contributed by atoms with E-state index >= 15 is 0 Å². The van der Waals surface area contributed by atoms with Gasteiger partial charge in [-0.1, -0.05) is 35.2 Å². The molecule has 5 nitrogen and oxygen atoms in total. The van der Waals surface area contributed by atoms with Gasteiger partial charge in [-0.25, -0.2) is 9.37 Å². The van der Waals surface area contributed by atoms with E-state index < -0.39 is 0 Å². The first-order valence-electron chi connectivity index (χ1n) is 10.5. The Balaban J connectivity index is 1.74. The summed E-state index contributed by atoms with van der Waals surface area (Å²) in [7, 11) is 0. The van der Waals surface area contributed by atoms with Crippen LogP contribution in [-0.2, 0) is 5.75 Å². The van der Waals surface area contributed by atoms with Crippen LogP contribution in [0.15, 0.2) is 76.9 Å². The highest BCUT2D eigenvalue weighted by Crippen LogP contribution is 2.29. The van der Waals surface area contributed by atoms with Gasteiger partial charge in [-0.15, -0.1) is 0 Å². The summed E-state index contributed by atoms with van der Waals surface area (Å²) >= 11 is 8.32. The number of aromatic nitrogens is 4. The molecule has 0 radical (unpaired) electrons. The van der Waals surface area contributed by atoms with Crippen LogP contribution < -0.4 is 5.56 Å². The molecule has 0 N–H and O–H groups in total. The molecule has 0 aliphatic heterocycles. The van der Waals surface area contributed by atoms with Crippen molar-refractivity contribution in [3.63, 3.8) is 0 Å². The zero-order chi connectivity index (χ0) is 23.8. The lowest BCUT2D eigenvalue weighted by Gasteiger charge is -2.13. The van der Waals surface area contributed by atoms with Gasteiger partial charge in [-0.3, -0.25) is 18.9 Å². The largest absolute Gasteiger partial charge is 0.278 e. The number of aryl methyl sites for hydroxylation is 2. The SMILES string of the molecule is Cc1ccc(-n2c(=S)sc3c(=O)n(-c4ccc(F)cc4)c(SCc4cccnc4)nc32)cc1C. The van der Waals surface area contributed by atoms with Crippen LogP contribution in [0.4, 0.5) is 4.39 Å². The molecule has 3 heterocycles. The van der Waals surface area contributed by atoms with Crippen LogP contribution in [0.2, 0.25) is 0 Å². The molecule has 5 aromatic rings. The van der Waals surface area contributed by atoms with Gasteiger partial charge >= 0.3 is 0 Å². The third-order valence-corrected chi connectivity index (χ3v) is 7.86. The first-order chi connectivity index (χ1) is 16.4. The molecule has 0 atom stereocenters. The van der Waals surface area contributed by atoms with Crippen LogP contribution in [0.1, 0.15) is 16.7 Å². The number of nitrogens with zero attached hydrogens (tertiary/aromatic N) is 4. The van der Waals surface area contributed by atoms with Crippen molar-refractivity contribution >= 4 is 45.7 Å². The molecule has 5 rings (SSSR count). The second-order valence-electron chi connectivity index (χ2n) is 7.79. The molecule has 0 spiro atoms. The van der Waals surface area contributed by atoms with E-state index in [1.807, 2.05) is 41.8 Å². The van der Waals surface area contributed by atoms with Gasteiger partial charge in [-0.2, -0.15) is 0 Å². The Kier molecular flexibility index (Phi) is 6.16. The highest BCUT2D eigenvalue weighted by molar-refractivity contribution is 7.98. The quantitative estimate of drug-likeness (QED) is 0.157. The summed E-state index contributed by atoms with van der Waals surface area (Å²) in [5.41, 5.74) is 5.02. The molecule has 2 aromatic carbocycles. The highest BCUT2D eigenvalue weighted by atomic mass is 32.2. The van der Waals surface area contributed by atoms with Gasteiger partial charge in [0.25, 0.3) is 5.56 Å². The molecule has 34 heavy (non-hydrogen) atoms. The zero-order valence-electron chi connectivity index (χ0n) is 18.4. The van der Waals surface area contributed by atoms with Crippen LogP contribution in [0.3, 0.4) is 0 Å². The van der Waals surface area contributed by atoms with Crippen molar-refractivity contribution in [3.05, 3.63) is 104 Å². The minimum atomic E-state index is -0.369. The predicted octanol–water partition coefficient (Wildman–Crippen LogP) is 6.41. The second-order valence-corrected chi connectivity index (χ2v) is 10.4. The fourth-order valence-corrected chi connectivity index (χ4v) is 5.82. The van der Waals surface area contributed by atoms with Crippen molar-refractivity contribution in [2.45, 2.75) is 24.8 Å². The van der Waals surface area contributed by atoms with E-state index in [4.69, 9.17) is 17.2 Å². The predicted molar refractivity (Wildman–Crippen MR) is 139 cm³/mol. The third-order valence-electron chi connectivity index (χ3n) is 5.50. The highest BCUT2D eigenvalue weighted by Gasteiger charge is 2.19. The number of thioether (sulfide) groups is 1. The van der Waals surface area contributed by atoms with Crippen molar-refractivity contribution in [3.8, 4) is 11.4 Å². The van der Waals surface area contributed by atoms with Crippen molar-refractivity contribution in [2.24, 2.45) is 0 Å². The number of halogens is 1. The number of hydrogen-bond donors (Lipinski definition) is 0. The number of benzene rings is 2. The first-order valence-corrected chi connectivity index (χ1v) is 12.7. The minimum Gasteiger partial charge on any atom is -0.275 e. The summed E-state index contributed by atoms with van der Waals surface area (Å²) in [6, 6.07) is 15.7. The van der Waals surface area contributed by atoms with E-state index in [2.05, 4.69) is 11.9 Å². The number of pyridine rings is 1. The van der Waals surface area contributed by atoms with Crippen LogP contribution in [0.25, 0.3) is 21.7 Å². The monoisotopic (exact) mass is 506 g/mol. The number of thiazole rings is 1. The fourth-order valence-electron chi connectivity index (χ4n) is 3.57. The normalized spacial score (nSPS) is 11.3. The zero-order valence-corrected chi connectivity index (χ0v) is 20.8. The topological polar surface area (TPSA) is 52.7 Å². The van der Waals surface area contributed by atoms with Crippen LogP contribution in [0, 0.1) is 23.6 Å². The summed E-state index contributed by atoms with van der Waals surface area (Å²) in [5, 5.41) is 0.498. The van der Waals surface area contributed by atoms with Crippen LogP contribution in [-0.4, -0.2) is 19.1 Å². The van der Waals surface area contributed by atoms with Gasteiger partial charge < -0.3 is 0 Å². The summed E-state index contributed by atoms with van der Waals surface area (Å²) in [5.74, 6) is 0.202. The summed E-state index contributed by atoms with van der Waals surface area (Å²) in [6.45, 7) is 4.10. The maximum atomic E-state index is 13.7. The average molecular weight is 507 g/mol. The van der Waals surface area contributed by atoms with E-state index in [0.29, 0.717) is 30.9 Å².